The molecule has 0 spiro atoms. The number of halogens is 4. The van der Waals surface area contributed by atoms with Gasteiger partial charge >= 0.3 is 21.5 Å². The second kappa shape index (κ2) is 5.25. The number of aliphatic carboxylic acids is 1. The minimum absolute atomic E-state index is 0.0229. The van der Waals surface area contributed by atoms with E-state index in [0.717, 1.165) is 12.1 Å². The third-order valence-corrected chi connectivity index (χ3v) is 3.70. The van der Waals surface area contributed by atoms with Crippen molar-refractivity contribution in [2.24, 2.45) is 0 Å². The van der Waals surface area contributed by atoms with Gasteiger partial charge in [0.25, 0.3) is 0 Å². The van der Waals surface area contributed by atoms with Crippen LogP contribution in [0.5, 0.6) is 0 Å². The number of anilines is 1. The van der Waals surface area contributed by atoms with E-state index in [2.05, 4.69) is 0 Å². The van der Waals surface area contributed by atoms with Gasteiger partial charge in [-0.25, -0.2) is 0 Å². The molecule has 0 unspecified atom stereocenters. The number of benzene rings is 1. The smallest absolute Gasteiger partial charge is 0.480 e. The number of sulfonamides is 1. The third-order valence-electron chi connectivity index (χ3n) is 1.96. The first-order valence-electron chi connectivity index (χ1n) is 4.62. The standard InChI is InChI=1S/C9H7ClF3NO4S/c10-6-2-1-3-7(4-6)14(5-8(15)16)19(17,18)9(11,12)13/h1-4H,5H2,(H,15,16). The number of nitrogens with zero attached hydrogens (tertiary/aromatic N) is 1. The van der Waals surface area contributed by atoms with E-state index >= 15 is 0 Å². The van der Waals surface area contributed by atoms with Crippen LogP contribution < -0.4 is 4.31 Å². The van der Waals surface area contributed by atoms with Gasteiger partial charge in [0.05, 0.1) is 5.69 Å². The van der Waals surface area contributed by atoms with Crippen molar-refractivity contribution in [2.45, 2.75) is 5.51 Å². The second-order valence-electron chi connectivity index (χ2n) is 3.33. The van der Waals surface area contributed by atoms with E-state index in [9.17, 15) is 26.4 Å². The molecule has 106 valence electrons. The van der Waals surface area contributed by atoms with Gasteiger partial charge in [-0.15, -0.1) is 0 Å². The molecule has 0 atom stereocenters. The fraction of sp³-hybridized carbons (Fsp3) is 0.222. The summed E-state index contributed by atoms with van der Waals surface area (Å²) in [5, 5.41) is 8.51. The van der Waals surface area contributed by atoms with Gasteiger partial charge in [0.15, 0.2) is 0 Å². The maximum Gasteiger partial charge on any atom is 0.516 e. The lowest BCUT2D eigenvalue weighted by Gasteiger charge is -2.23. The Balaban J connectivity index is 3.35. The number of rotatable bonds is 4. The van der Waals surface area contributed by atoms with Gasteiger partial charge in [0, 0.05) is 5.02 Å². The van der Waals surface area contributed by atoms with Crippen LogP contribution in [0.2, 0.25) is 5.02 Å². The van der Waals surface area contributed by atoms with Crippen molar-refractivity contribution in [3.05, 3.63) is 29.3 Å². The molecule has 0 fully saturated rings. The first-order chi connectivity index (χ1) is 8.55. The molecule has 1 N–H and O–H groups in total. The highest BCUT2D eigenvalue weighted by Gasteiger charge is 2.50. The maximum atomic E-state index is 12.5. The molecule has 1 aromatic carbocycles. The first-order valence-corrected chi connectivity index (χ1v) is 6.44. The summed E-state index contributed by atoms with van der Waals surface area (Å²) < 4.78 is 59.7. The fourth-order valence-corrected chi connectivity index (χ4v) is 2.30. The third kappa shape index (κ3) is 3.51. The highest BCUT2D eigenvalue weighted by molar-refractivity contribution is 7.93. The lowest BCUT2D eigenvalue weighted by Crippen LogP contribution is -2.43. The second-order valence-corrected chi connectivity index (χ2v) is 5.62. The lowest BCUT2D eigenvalue weighted by molar-refractivity contribution is -0.135. The molecule has 0 amide bonds. The average Bonchev–Trinajstić information content (AvgIpc) is 2.23. The molecule has 0 radical (unpaired) electrons. The minimum atomic E-state index is -5.81. The van der Waals surface area contributed by atoms with Crippen molar-refractivity contribution in [2.75, 3.05) is 10.8 Å². The lowest BCUT2D eigenvalue weighted by atomic mass is 10.3. The van der Waals surface area contributed by atoms with Gasteiger partial charge in [-0.3, -0.25) is 9.10 Å². The van der Waals surface area contributed by atoms with Crippen LogP contribution in [0.3, 0.4) is 0 Å². The zero-order chi connectivity index (χ0) is 14.8. The number of carbonyl (C=O) groups is 1. The molecule has 0 aromatic heterocycles. The van der Waals surface area contributed by atoms with Crippen molar-refractivity contribution < 1.29 is 31.5 Å². The Bertz CT molecular complexity index is 587. The molecule has 1 rings (SSSR count). The SMILES string of the molecule is O=C(O)CN(c1cccc(Cl)c1)S(=O)(=O)C(F)(F)F. The normalized spacial score (nSPS) is 12.2. The molecule has 0 aliphatic heterocycles. The Morgan fingerprint density at radius 2 is 1.95 bits per heavy atom. The molecule has 0 saturated heterocycles. The Labute approximate surface area is 111 Å². The molecular formula is C9H7ClF3NO4S. The molecule has 19 heavy (non-hydrogen) atoms. The predicted octanol–water partition coefficient (Wildman–Crippen LogP) is 2.08. The van der Waals surface area contributed by atoms with E-state index in [4.69, 9.17) is 16.7 Å². The Kier molecular flexibility index (Phi) is 4.31. The molecule has 0 aliphatic carbocycles. The van der Waals surface area contributed by atoms with Crippen LogP contribution >= 0.6 is 11.6 Å². The quantitative estimate of drug-likeness (QED) is 0.922. The summed E-state index contributed by atoms with van der Waals surface area (Å²) in [4.78, 5) is 10.5. The number of hydrogen-bond acceptors (Lipinski definition) is 3. The van der Waals surface area contributed by atoms with Gasteiger partial charge in [0.2, 0.25) is 0 Å². The summed E-state index contributed by atoms with van der Waals surface area (Å²) in [5.74, 6) is -1.73. The monoisotopic (exact) mass is 317 g/mol. The van der Waals surface area contributed by atoms with Crippen molar-refractivity contribution in [1.82, 2.24) is 0 Å². The van der Waals surface area contributed by atoms with Gasteiger partial charge < -0.3 is 5.11 Å². The van der Waals surface area contributed by atoms with Gasteiger partial charge in [0.1, 0.15) is 6.54 Å². The topological polar surface area (TPSA) is 74.7 Å². The van der Waals surface area contributed by atoms with Crippen LogP contribution in [0.15, 0.2) is 24.3 Å². The van der Waals surface area contributed by atoms with E-state index in [1.54, 1.807) is 0 Å². The maximum absolute atomic E-state index is 12.5. The van der Waals surface area contributed by atoms with Gasteiger partial charge in [-0.05, 0) is 18.2 Å². The highest BCUT2D eigenvalue weighted by Crippen LogP contribution is 2.31. The number of carboxylic acids is 1. The van der Waals surface area contributed by atoms with Crippen molar-refractivity contribution >= 4 is 33.3 Å². The largest absolute Gasteiger partial charge is 0.516 e. The van der Waals surface area contributed by atoms with E-state index in [0.29, 0.717) is 0 Å². The molecule has 0 aliphatic rings. The zero-order valence-corrected chi connectivity index (χ0v) is 10.6. The Hall–Kier alpha value is -1.48. The van der Waals surface area contributed by atoms with Crippen LogP contribution in [0.4, 0.5) is 18.9 Å². The molecular weight excluding hydrogens is 311 g/mol. The van der Waals surface area contributed by atoms with Gasteiger partial charge in [-0.1, -0.05) is 17.7 Å². The van der Waals surface area contributed by atoms with Crippen LogP contribution in [-0.2, 0) is 14.8 Å². The summed E-state index contributed by atoms with van der Waals surface area (Å²) in [6.45, 7) is -1.36. The summed E-state index contributed by atoms with van der Waals surface area (Å²) in [6.07, 6.45) is 0. The number of hydrogen-bond donors (Lipinski definition) is 1. The minimum Gasteiger partial charge on any atom is -0.480 e. The zero-order valence-electron chi connectivity index (χ0n) is 9.06. The van der Waals surface area contributed by atoms with E-state index in [1.165, 1.54) is 12.1 Å². The molecule has 5 nitrogen and oxygen atoms in total. The van der Waals surface area contributed by atoms with Crippen molar-refractivity contribution in [3.8, 4) is 0 Å². The Morgan fingerprint density at radius 3 is 2.37 bits per heavy atom. The van der Waals surface area contributed by atoms with Crippen LogP contribution in [0.25, 0.3) is 0 Å². The molecule has 0 heterocycles. The fourth-order valence-electron chi connectivity index (χ4n) is 1.19. The molecule has 1 aromatic rings. The van der Waals surface area contributed by atoms with E-state index < -0.39 is 33.7 Å². The first kappa shape index (κ1) is 15.6. The summed E-state index contributed by atoms with van der Waals surface area (Å²) in [6, 6.07) is 4.45. The Morgan fingerprint density at radius 1 is 1.37 bits per heavy atom. The van der Waals surface area contributed by atoms with Crippen LogP contribution in [-0.4, -0.2) is 31.5 Å². The summed E-state index contributed by atoms with van der Waals surface area (Å²) in [7, 11) is -5.81. The van der Waals surface area contributed by atoms with Crippen molar-refractivity contribution in [3.63, 3.8) is 0 Å². The molecule has 0 bridgehead atoms. The van der Waals surface area contributed by atoms with E-state index in [1.807, 2.05) is 0 Å². The van der Waals surface area contributed by atoms with Crippen LogP contribution in [0, 0.1) is 0 Å². The van der Waals surface area contributed by atoms with Crippen LogP contribution in [0.1, 0.15) is 0 Å². The van der Waals surface area contributed by atoms with Gasteiger partial charge in [-0.2, -0.15) is 21.6 Å². The predicted molar refractivity (Wildman–Crippen MR) is 61.4 cm³/mol. The number of alkyl halides is 3. The average molecular weight is 318 g/mol. The number of carboxylic acid groups (broad SMARTS) is 1. The van der Waals surface area contributed by atoms with Crippen molar-refractivity contribution in [1.29, 1.82) is 0 Å². The molecule has 0 saturated carbocycles. The molecule has 10 heteroatoms. The van der Waals surface area contributed by atoms with E-state index in [-0.39, 0.29) is 9.33 Å². The highest BCUT2D eigenvalue weighted by atomic mass is 35.5. The summed E-state index contributed by atoms with van der Waals surface area (Å²) >= 11 is 5.54. The summed E-state index contributed by atoms with van der Waals surface area (Å²) in [5.41, 5.74) is -6.09.